The van der Waals surface area contributed by atoms with Gasteiger partial charge in [0, 0.05) is 6.42 Å². The normalized spacial score (nSPS) is 33.7. The van der Waals surface area contributed by atoms with E-state index in [0.29, 0.717) is 0 Å². The van der Waals surface area contributed by atoms with E-state index in [0.717, 1.165) is 24.2 Å². The standard InChI is InChI=1S/C29H36FN5O6/c1-4-29(14-39-27(37)38-6-5-28-11-17-7-18(12-28)9-19(8-17)13-28)20(40-25(36)16(2)3)10-21(41-29)35-15-32-22-23(31)33-26(30)34-24(22)35/h1,15-21H,5-14H2,2-3H3,(H2,31,33,34)/t17?,18?,19?,20-,21+,28?,29+/m0/s1. The Balaban J connectivity index is 1.13. The molecule has 5 aliphatic rings. The van der Waals surface area contributed by atoms with Crippen LogP contribution in [0.2, 0.25) is 0 Å². The summed E-state index contributed by atoms with van der Waals surface area (Å²) in [6.45, 7) is 3.24. The highest BCUT2D eigenvalue weighted by Crippen LogP contribution is 2.61. The number of fused-ring (bicyclic) bond motifs is 1. The quantitative estimate of drug-likeness (QED) is 0.280. The number of hydrogen-bond acceptors (Lipinski definition) is 10. The predicted molar refractivity (Wildman–Crippen MR) is 143 cm³/mol. The van der Waals surface area contributed by atoms with Gasteiger partial charge in [0.1, 0.15) is 18.9 Å². The van der Waals surface area contributed by atoms with Crippen molar-refractivity contribution in [1.82, 2.24) is 19.5 Å². The summed E-state index contributed by atoms with van der Waals surface area (Å²) >= 11 is 0. The summed E-state index contributed by atoms with van der Waals surface area (Å²) in [5.41, 5.74) is 4.72. The predicted octanol–water partition coefficient (Wildman–Crippen LogP) is 4.17. The monoisotopic (exact) mass is 569 g/mol. The molecule has 0 spiro atoms. The molecule has 2 aromatic rings. The molecule has 3 heterocycles. The topological polar surface area (TPSA) is 141 Å². The molecule has 4 saturated carbocycles. The number of halogens is 1. The zero-order chi connectivity index (χ0) is 28.9. The van der Waals surface area contributed by atoms with E-state index in [1.807, 2.05) is 0 Å². The number of aromatic nitrogens is 4. The Bertz CT molecular complexity index is 1350. The van der Waals surface area contributed by atoms with Gasteiger partial charge in [-0.2, -0.15) is 14.4 Å². The Morgan fingerprint density at radius 3 is 2.49 bits per heavy atom. The third-order valence-corrected chi connectivity index (χ3v) is 9.41. The number of carbonyl (C=O) groups excluding carboxylic acids is 2. The second kappa shape index (κ2) is 10.4. The fraction of sp³-hybridized carbons (Fsp3) is 0.690. The van der Waals surface area contributed by atoms with Gasteiger partial charge in [-0.15, -0.1) is 6.42 Å². The van der Waals surface area contributed by atoms with Gasteiger partial charge < -0.3 is 24.7 Å². The Morgan fingerprint density at radius 2 is 1.85 bits per heavy atom. The number of nitrogen functional groups attached to an aromatic ring is 1. The minimum absolute atomic E-state index is 0.0735. The highest BCUT2D eigenvalue weighted by atomic mass is 19.1. The third kappa shape index (κ3) is 5.20. The van der Waals surface area contributed by atoms with E-state index in [4.69, 9.17) is 31.1 Å². The van der Waals surface area contributed by atoms with Gasteiger partial charge in [-0.05, 0) is 68.1 Å². The second-order valence-electron chi connectivity index (χ2n) is 12.7. The molecule has 0 radical (unpaired) electrons. The lowest BCUT2D eigenvalue weighted by Gasteiger charge is -2.57. The number of hydrogen-bond donors (Lipinski definition) is 1. The molecule has 0 aromatic carbocycles. The smallest absolute Gasteiger partial charge is 0.458 e. The van der Waals surface area contributed by atoms with E-state index in [1.54, 1.807) is 13.8 Å². The summed E-state index contributed by atoms with van der Waals surface area (Å²) in [5.74, 6) is 3.92. The molecular formula is C29H36FN5O6. The summed E-state index contributed by atoms with van der Waals surface area (Å²) in [7, 11) is 0. The van der Waals surface area contributed by atoms with Crippen molar-refractivity contribution in [3.63, 3.8) is 0 Å². The maximum atomic E-state index is 14.0. The van der Waals surface area contributed by atoms with E-state index in [1.165, 1.54) is 49.4 Å². The molecule has 3 atom stereocenters. The van der Waals surface area contributed by atoms with Crippen molar-refractivity contribution in [1.29, 1.82) is 0 Å². The van der Waals surface area contributed by atoms with Crippen LogP contribution in [-0.2, 0) is 23.7 Å². The molecule has 2 aromatic heterocycles. The fourth-order valence-corrected chi connectivity index (χ4v) is 7.90. The number of carbonyl (C=O) groups is 2. The molecule has 4 aliphatic carbocycles. The molecule has 5 fully saturated rings. The van der Waals surface area contributed by atoms with E-state index in [2.05, 4.69) is 20.9 Å². The van der Waals surface area contributed by atoms with Gasteiger partial charge in [-0.3, -0.25) is 9.36 Å². The van der Waals surface area contributed by atoms with E-state index < -0.39 is 48.7 Å². The van der Waals surface area contributed by atoms with Crippen LogP contribution in [0.15, 0.2) is 6.33 Å². The summed E-state index contributed by atoms with van der Waals surface area (Å²) < 4.78 is 38.3. The first-order valence-electron chi connectivity index (χ1n) is 14.4. The number of anilines is 1. The summed E-state index contributed by atoms with van der Waals surface area (Å²) in [6, 6.07) is 0. The number of nitrogens with two attached hydrogens (primary N) is 1. The Labute approximate surface area is 237 Å². The van der Waals surface area contributed by atoms with Crippen molar-refractivity contribution in [2.24, 2.45) is 29.1 Å². The van der Waals surface area contributed by atoms with Crippen LogP contribution in [0.1, 0.15) is 71.4 Å². The molecule has 220 valence electrons. The van der Waals surface area contributed by atoms with Gasteiger partial charge in [0.2, 0.25) is 5.60 Å². The number of esters is 1. The minimum Gasteiger partial charge on any atom is -0.458 e. The minimum atomic E-state index is -1.62. The molecule has 1 saturated heterocycles. The SMILES string of the molecule is C#C[C@]1(COC(=O)OCCC23CC4CC(CC(C4)C2)C3)O[C@@H](n2cnc3c(N)nc(F)nc32)C[C@@H]1OC(=O)C(C)C. The maximum Gasteiger partial charge on any atom is 0.508 e. The highest BCUT2D eigenvalue weighted by Gasteiger charge is 2.53. The zero-order valence-corrected chi connectivity index (χ0v) is 23.4. The van der Waals surface area contributed by atoms with Crippen molar-refractivity contribution < 1.29 is 32.9 Å². The average Bonchev–Trinajstić information content (AvgIpc) is 3.48. The van der Waals surface area contributed by atoms with Crippen LogP contribution in [0, 0.1) is 47.5 Å². The lowest BCUT2D eigenvalue weighted by molar-refractivity contribution is -0.163. The van der Waals surface area contributed by atoms with Crippen molar-refractivity contribution in [2.75, 3.05) is 18.9 Å². The van der Waals surface area contributed by atoms with Crippen molar-refractivity contribution in [3.8, 4) is 12.3 Å². The van der Waals surface area contributed by atoms with E-state index in [-0.39, 0.29) is 35.4 Å². The van der Waals surface area contributed by atoms with Gasteiger partial charge in [0.15, 0.2) is 17.0 Å². The summed E-state index contributed by atoms with van der Waals surface area (Å²) in [4.78, 5) is 36.7. The molecule has 7 rings (SSSR count). The Morgan fingerprint density at radius 1 is 1.17 bits per heavy atom. The molecule has 0 unspecified atom stereocenters. The zero-order valence-electron chi connectivity index (χ0n) is 23.4. The first-order valence-corrected chi connectivity index (χ1v) is 14.4. The summed E-state index contributed by atoms with van der Waals surface area (Å²) in [5, 5.41) is 0. The lowest BCUT2D eigenvalue weighted by Crippen LogP contribution is -2.47. The van der Waals surface area contributed by atoms with Crippen molar-refractivity contribution >= 4 is 29.1 Å². The van der Waals surface area contributed by atoms with Gasteiger partial charge in [0.05, 0.1) is 18.9 Å². The molecule has 0 amide bonds. The van der Waals surface area contributed by atoms with Gasteiger partial charge >= 0.3 is 18.2 Å². The lowest BCUT2D eigenvalue weighted by atomic mass is 9.49. The van der Waals surface area contributed by atoms with Crippen molar-refractivity contribution in [3.05, 3.63) is 12.4 Å². The van der Waals surface area contributed by atoms with Crippen LogP contribution in [0.25, 0.3) is 11.2 Å². The van der Waals surface area contributed by atoms with Gasteiger partial charge in [0.25, 0.3) is 0 Å². The first kappa shape index (κ1) is 27.7. The first-order chi connectivity index (χ1) is 19.6. The molecule has 1 aliphatic heterocycles. The Kier molecular flexibility index (Phi) is 7.04. The van der Waals surface area contributed by atoms with Crippen molar-refractivity contribution in [2.45, 2.75) is 83.1 Å². The van der Waals surface area contributed by atoms with Crippen LogP contribution in [-0.4, -0.2) is 56.6 Å². The molecule has 41 heavy (non-hydrogen) atoms. The van der Waals surface area contributed by atoms with Crippen LogP contribution in [0.3, 0.4) is 0 Å². The molecule has 4 bridgehead atoms. The molecule has 11 nitrogen and oxygen atoms in total. The third-order valence-electron chi connectivity index (χ3n) is 9.41. The molecule has 2 N–H and O–H groups in total. The highest BCUT2D eigenvalue weighted by molar-refractivity contribution is 5.81. The number of ether oxygens (including phenoxy) is 4. The van der Waals surface area contributed by atoms with Crippen LogP contribution in [0.4, 0.5) is 15.0 Å². The number of terminal acetylenes is 1. The average molecular weight is 570 g/mol. The van der Waals surface area contributed by atoms with E-state index in [9.17, 15) is 14.0 Å². The molecular weight excluding hydrogens is 533 g/mol. The summed E-state index contributed by atoms with van der Waals surface area (Å²) in [6.07, 6.45) is 12.2. The Hall–Kier alpha value is -3.46. The maximum absolute atomic E-state index is 14.0. The fourth-order valence-electron chi connectivity index (χ4n) is 7.90. The van der Waals surface area contributed by atoms with E-state index >= 15 is 0 Å². The van der Waals surface area contributed by atoms with Gasteiger partial charge in [-0.25, -0.2) is 9.78 Å². The number of imidazole rings is 1. The number of nitrogens with zero attached hydrogens (tertiary/aromatic N) is 4. The number of rotatable bonds is 8. The van der Waals surface area contributed by atoms with Crippen LogP contribution >= 0.6 is 0 Å². The van der Waals surface area contributed by atoms with Crippen LogP contribution in [0.5, 0.6) is 0 Å². The second-order valence-corrected chi connectivity index (χ2v) is 12.7. The van der Waals surface area contributed by atoms with Crippen LogP contribution < -0.4 is 5.73 Å². The largest absolute Gasteiger partial charge is 0.508 e. The molecule has 12 heteroatoms. The van der Waals surface area contributed by atoms with Gasteiger partial charge in [-0.1, -0.05) is 19.8 Å².